The Morgan fingerprint density at radius 1 is 1.50 bits per heavy atom. The van der Waals surface area contributed by atoms with Gasteiger partial charge in [-0.1, -0.05) is 0 Å². The molecular weight excluding hydrogens is 212 g/mol. The molecule has 16 heavy (non-hydrogen) atoms. The van der Waals surface area contributed by atoms with Crippen molar-refractivity contribution in [2.45, 2.75) is 38.3 Å². The van der Waals surface area contributed by atoms with Crippen LogP contribution in [0.25, 0.3) is 0 Å². The molecule has 6 heteroatoms. The monoisotopic (exact) mass is 228 g/mol. The minimum atomic E-state index is -1.27. The highest BCUT2D eigenvalue weighted by atomic mass is 16.4. The zero-order chi connectivity index (χ0) is 12.5. The molecule has 0 saturated carbocycles. The van der Waals surface area contributed by atoms with Crippen molar-refractivity contribution in [2.75, 3.05) is 7.05 Å². The largest absolute Gasteiger partial charge is 0.480 e. The van der Waals surface area contributed by atoms with Gasteiger partial charge in [0.25, 0.3) is 0 Å². The van der Waals surface area contributed by atoms with Gasteiger partial charge in [0.1, 0.15) is 11.6 Å². The number of nitrogens with zero attached hydrogens (tertiary/aromatic N) is 1. The molecule has 1 rings (SSSR count). The lowest BCUT2D eigenvalue weighted by atomic mass is 10.0. The van der Waals surface area contributed by atoms with Gasteiger partial charge >= 0.3 is 5.97 Å². The van der Waals surface area contributed by atoms with Crippen LogP contribution in [0, 0.1) is 0 Å². The first-order valence-corrected chi connectivity index (χ1v) is 5.07. The number of aliphatic carboxylic acids is 1. The maximum atomic E-state index is 11.9. The minimum Gasteiger partial charge on any atom is -0.480 e. The van der Waals surface area contributed by atoms with Crippen LogP contribution in [0.2, 0.25) is 0 Å². The van der Waals surface area contributed by atoms with E-state index in [0.717, 1.165) is 4.90 Å². The average molecular weight is 228 g/mol. The molecule has 1 atom stereocenters. The first-order valence-electron chi connectivity index (χ1n) is 5.07. The SMILES string of the molecule is CN(C(=O)[C@@H]1CCC(=O)N1)C(C)(C)C(=O)O. The fraction of sp³-hybridized carbons (Fsp3) is 0.700. The number of carbonyl (C=O) groups excluding carboxylic acids is 2. The molecule has 2 N–H and O–H groups in total. The zero-order valence-corrected chi connectivity index (χ0v) is 9.61. The summed E-state index contributed by atoms with van der Waals surface area (Å²) in [6.45, 7) is 2.90. The molecule has 2 amide bonds. The number of rotatable bonds is 3. The third-order valence-electron chi connectivity index (χ3n) is 2.99. The van der Waals surface area contributed by atoms with Gasteiger partial charge in [0.05, 0.1) is 0 Å². The van der Waals surface area contributed by atoms with E-state index in [1.807, 2.05) is 0 Å². The number of hydrogen-bond acceptors (Lipinski definition) is 3. The molecule has 1 fully saturated rings. The molecule has 0 unspecified atom stereocenters. The lowest BCUT2D eigenvalue weighted by Crippen LogP contribution is -2.55. The Bertz CT molecular complexity index is 338. The number of amides is 2. The molecule has 0 bridgehead atoms. The van der Waals surface area contributed by atoms with Crippen molar-refractivity contribution >= 4 is 17.8 Å². The van der Waals surface area contributed by atoms with Crippen LogP contribution in [0.5, 0.6) is 0 Å². The van der Waals surface area contributed by atoms with E-state index >= 15 is 0 Å². The summed E-state index contributed by atoms with van der Waals surface area (Å²) >= 11 is 0. The fourth-order valence-electron chi connectivity index (χ4n) is 1.45. The second kappa shape index (κ2) is 4.11. The van der Waals surface area contributed by atoms with E-state index in [-0.39, 0.29) is 11.8 Å². The topological polar surface area (TPSA) is 86.7 Å². The van der Waals surface area contributed by atoms with E-state index < -0.39 is 17.6 Å². The molecule has 1 heterocycles. The predicted octanol–water partition coefficient (Wildman–Crippen LogP) is -0.413. The maximum Gasteiger partial charge on any atom is 0.329 e. The number of likely N-dealkylation sites (N-methyl/N-ethyl adjacent to an activating group) is 1. The Kier molecular flexibility index (Phi) is 3.21. The van der Waals surface area contributed by atoms with Gasteiger partial charge in [-0.25, -0.2) is 4.79 Å². The van der Waals surface area contributed by atoms with Gasteiger partial charge in [-0.2, -0.15) is 0 Å². The molecule has 0 aromatic rings. The van der Waals surface area contributed by atoms with Gasteiger partial charge in [-0.05, 0) is 20.3 Å². The lowest BCUT2D eigenvalue weighted by Gasteiger charge is -2.33. The summed E-state index contributed by atoms with van der Waals surface area (Å²) in [5.41, 5.74) is -1.27. The van der Waals surface area contributed by atoms with E-state index in [4.69, 9.17) is 5.11 Å². The quantitative estimate of drug-likeness (QED) is 0.687. The molecule has 1 saturated heterocycles. The summed E-state index contributed by atoms with van der Waals surface area (Å²) in [7, 11) is 1.43. The van der Waals surface area contributed by atoms with E-state index in [9.17, 15) is 14.4 Å². The van der Waals surface area contributed by atoms with Crippen molar-refractivity contribution in [3.63, 3.8) is 0 Å². The van der Waals surface area contributed by atoms with Gasteiger partial charge in [0.2, 0.25) is 11.8 Å². The molecule has 0 aromatic carbocycles. The molecular formula is C10H16N2O4. The highest BCUT2D eigenvalue weighted by molar-refractivity contribution is 5.93. The highest BCUT2D eigenvalue weighted by Crippen LogP contribution is 2.17. The molecule has 1 aliphatic rings. The van der Waals surface area contributed by atoms with E-state index in [1.54, 1.807) is 0 Å². The van der Waals surface area contributed by atoms with Crippen LogP contribution >= 0.6 is 0 Å². The summed E-state index contributed by atoms with van der Waals surface area (Å²) in [6, 6.07) is -0.587. The smallest absolute Gasteiger partial charge is 0.329 e. The van der Waals surface area contributed by atoms with Crippen molar-refractivity contribution in [3.8, 4) is 0 Å². The summed E-state index contributed by atoms with van der Waals surface area (Å²) in [5.74, 6) is -1.61. The molecule has 90 valence electrons. The van der Waals surface area contributed by atoms with Gasteiger partial charge in [0.15, 0.2) is 0 Å². The van der Waals surface area contributed by atoms with Crippen LogP contribution in [0.15, 0.2) is 0 Å². The van der Waals surface area contributed by atoms with Crippen LogP contribution in [0.1, 0.15) is 26.7 Å². The molecule has 6 nitrogen and oxygen atoms in total. The summed E-state index contributed by atoms with van der Waals surface area (Å²) in [5, 5.41) is 11.5. The summed E-state index contributed by atoms with van der Waals surface area (Å²) < 4.78 is 0. The average Bonchev–Trinajstić information content (AvgIpc) is 2.62. The fourth-order valence-corrected chi connectivity index (χ4v) is 1.45. The number of carbonyl (C=O) groups is 3. The number of nitrogens with one attached hydrogen (secondary N) is 1. The lowest BCUT2D eigenvalue weighted by molar-refractivity contribution is -0.156. The van der Waals surface area contributed by atoms with Crippen molar-refractivity contribution in [3.05, 3.63) is 0 Å². The van der Waals surface area contributed by atoms with Gasteiger partial charge < -0.3 is 15.3 Å². The Hall–Kier alpha value is -1.59. The van der Waals surface area contributed by atoms with Crippen molar-refractivity contribution in [1.29, 1.82) is 0 Å². The van der Waals surface area contributed by atoms with Crippen LogP contribution in [0.3, 0.4) is 0 Å². The minimum absolute atomic E-state index is 0.167. The second-order valence-electron chi connectivity index (χ2n) is 4.42. The Morgan fingerprint density at radius 3 is 2.44 bits per heavy atom. The van der Waals surface area contributed by atoms with Gasteiger partial charge in [-0.3, -0.25) is 9.59 Å². The Labute approximate surface area is 93.6 Å². The first-order chi connectivity index (χ1) is 7.26. The molecule has 0 aliphatic carbocycles. The van der Waals surface area contributed by atoms with Crippen LogP contribution in [-0.4, -0.2) is 46.4 Å². The second-order valence-corrected chi connectivity index (χ2v) is 4.42. The van der Waals surface area contributed by atoms with Crippen molar-refractivity contribution in [1.82, 2.24) is 10.2 Å². The van der Waals surface area contributed by atoms with E-state index in [1.165, 1.54) is 20.9 Å². The highest BCUT2D eigenvalue weighted by Gasteiger charge is 2.39. The van der Waals surface area contributed by atoms with Crippen LogP contribution in [-0.2, 0) is 14.4 Å². The van der Waals surface area contributed by atoms with Crippen molar-refractivity contribution in [2.24, 2.45) is 0 Å². The first kappa shape index (κ1) is 12.5. The molecule has 0 spiro atoms. The molecule has 1 aliphatic heterocycles. The number of carboxylic acids is 1. The van der Waals surface area contributed by atoms with Crippen molar-refractivity contribution < 1.29 is 19.5 Å². The maximum absolute atomic E-state index is 11.9. The summed E-state index contributed by atoms with van der Waals surface area (Å²) in [4.78, 5) is 35.0. The van der Waals surface area contributed by atoms with Gasteiger partial charge in [0, 0.05) is 13.5 Å². The van der Waals surface area contributed by atoms with Gasteiger partial charge in [-0.15, -0.1) is 0 Å². The molecule has 0 aromatic heterocycles. The zero-order valence-electron chi connectivity index (χ0n) is 9.61. The standard InChI is InChI=1S/C10H16N2O4/c1-10(2,9(15)16)12(3)8(14)6-4-5-7(13)11-6/h6H,4-5H2,1-3H3,(H,11,13)(H,15,16)/t6-/m0/s1. The third kappa shape index (κ3) is 2.15. The van der Waals surface area contributed by atoms with E-state index in [0.29, 0.717) is 12.8 Å². The number of carboxylic acid groups (broad SMARTS) is 1. The Balaban J connectivity index is 2.74. The predicted molar refractivity (Wildman–Crippen MR) is 55.6 cm³/mol. The summed E-state index contributed by atoms with van der Waals surface area (Å²) in [6.07, 6.45) is 0.745. The Morgan fingerprint density at radius 2 is 2.06 bits per heavy atom. The van der Waals surface area contributed by atoms with Crippen LogP contribution < -0.4 is 5.32 Å². The molecule has 0 radical (unpaired) electrons. The van der Waals surface area contributed by atoms with E-state index in [2.05, 4.69) is 5.32 Å². The normalized spacial score (nSPS) is 20.4. The van der Waals surface area contributed by atoms with Crippen LogP contribution in [0.4, 0.5) is 0 Å². The number of hydrogen-bond donors (Lipinski definition) is 2. The third-order valence-corrected chi connectivity index (χ3v) is 2.99.